The zero-order valence-electron chi connectivity index (χ0n) is 18.1. The van der Waals surface area contributed by atoms with Crippen LogP contribution in [0.5, 0.6) is 0 Å². The number of rotatable bonds is 3. The van der Waals surface area contributed by atoms with Crippen molar-refractivity contribution >= 4 is 11.4 Å². The molecule has 1 saturated carbocycles. The summed E-state index contributed by atoms with van der Waals surface area (Å²) in [5, 5.41) is 12.4. The molecule has 2 atom stereocenters. The molecule has 3 aliphatic rings. The van der Waals surface area contributed by atoms with Crippen LogP contribution in [0.4, 0.5) is 20.2 Å². The third-order valence-corrected chi connectivity index (χ3v) is 7.45. The summed E-state index contributed by atoms with van der Waals surface area (Å²) in [6, 6.07) is 5.25. The molecule has 3 aromatic rings. The normalized spacial score (nSPS) is 22.3. The van der Waals surface area contributed by atoms with Gasteiger partial charge in [-0.05, 0) is 24.5 Å². The minimum absolute atomic E-state index is 0.0816. The zero-order chi connectivity index (χ0) is 22.9. The Balaban J connectivity index is 1.62. The fourth-order valence-corrected chi connectivity index (χ4v) is 5.56. The third-order valence-electron chi connectivity index (χ3n) is 7.45. The molecule has 8 heteroatoms. The van der Waals surface area contributed by atoms with Gasteiger partial charge in [-0.3, -0.25) is 9.97 Å². The standard InChI is InChI=1S/C25H22F2N6/c1-30-18-6-17(26)23(27)21-15(18)5-19-22(21)24(33-3-2-25(12-33)7-20(25)29)16(11-32-19)14-4-13(8-28)9-31-10-14/h4,6,9-11,20,30H,2-3,5,7,12,29H2,1H3/t20-,25?/m0/s1. The van der Waals surface area contributed by atoms with Gasteiger partial charge in [-0.2, -0.15) is 5.26 Å². The average Bonchev–Trinajstić information content (AvgIpc) is 3.16. The van der Waals surface area contributed by atoms with Crippen LogP contribution in [-0.4, -0.2) is 36.1 Å². The van der Waals surface area contributed by atoms with E-state index in [2.05, 4.69) is 26.3 Å². The smallest absolute Gasteiger partial charge is 0.167 e. The number of nitrogens with one attached hydrogen (secondary N) is 1. The van der Waals surface area contributed by atoms with Crippen molar-refractivity contribution in [2.24, 2.45) is 11.1 Å². The largest absolute Gasteiger partial charge is 0.388 e. The summed E-state index contributed by atoms with van der Waals surface area (Å²) in [5.41, 5.74) is 11.9. The predicted molar refractivity (Wildman–Crippen MR) is 122 cm³/mol. The number of benzene rings is 1. The van der Waals surface area contributed by atoms with Crippen molar-refractivity contribution in [1.82, 2.24) is 9.97 Å². The van der Waals surface area contributed by atoms with E-state index in [4.69, 9.17) is 5.73 Å². The number of aromatic nitrogens is 2. The van der Waals surface area contributed by atoms with Crippen LogP contribution in [0, 0.1) is 28.4 Å². The number of nitrogens with zero attached hydrogens (tertiary/aromatic N) is 4. The summed E-state index contributed by atoms with van der Waals surface area (Å²) in [5.74, 6) is -1.75. The maximum atomic E-state index is 15.3. The second kappa shape index (κ2) is 6.96. The molecular weight excluding hydrogens is 422 g/mol. The van der Waals surface area contributed by atoms with E-state index >= 15 is 4.39 Å². The fraction of sp³-hybridized carbons (Fsp3) is 0.320. The average molecular weight is 444 g/mol. The number of anilines is 2. The van der Waals surface area contributed by atoms with Crippen LogP contribution in [0.15, 0.2) is 30.7 Å². The molecule has 0 amide bonds. The molecule has 1 aromatic carbocycles. The Kier molecular flexibility index (Phi) is 4.23. The highest BCUT2D eigenvalue weighted by atomic mass is 19.2. The van der Waals surface area contributed by atoms with Crippen molar-refractivity contribution in [3.8, 4) is 28.3 Å². The van der Waals surface area contributed by atoms with E-state index in [-0.39, 0.29) is 17.0 Å². The first-order valence-corrected chi connectivity index (χ1v) is 11.0. The van der Waals surface area contributed by atoms with Gasteiger partial charge in [0.05, 0.1) is 16.9 Å². The van der Waals surface area contributed by atoms with Gasteiger partial charge in [-0.15, -0.1) is 0 Å². The maximum Gasteiger partial charge on any atom is 0.167 e. The lowest BCUT2D eigenvalue weighted by atomic mass is 9.97. The molecule has 1 aliphatic heterocycles. The quantitative estimate of drug-likeness (QED) is 0.499. The second-order valence-electron chi connectivity index (χ2n) is 9.26. The summed E-state index contributed by atoms with van der Waals surface area (Å²) >= 11 is 0. The Morgan fingerprint density at radius 3 is 2.76 bits per heavy atom. The van der Waals surface area contributed by atoms with E-state index in [1.54, 1.807) is 25.5 Å². The molecule has 6 rings (SSSR count). The first-order chi connectivity index (χ1) is 16.0. The van der Waals surface area contributed by atoms with Gasteiger partial charge >= 0.3 is 0 Å². The molecule has 1 saturated heterocycles. The highest BCUT2D eigenvalue weighted by Gasteiger charge is 2.56. The first-order valence-electron chi connectivity index (χ1n) is 11.0. The minimum Gasteiger partial charge on any atom is -0.388 e. The molecule has 6 nitrogen and oxygen atoms in total. The lowest BCUT2D eigenvalue weighted by Gasteiger charge is -2.26. The number of pyridine rings is 2. The third kappa shape index (κ3) is 2.85. The topological polar surface area (TPSA) is 90.9 Å². The Labute approximate surface area is 190 Å². The summed E-state index contributed by atoms with van der Waals surface area (Å²) < 4.78 is 29.9. The molecule has 3 heterocycles. The highest BCUT2D eigenvalue weighted by molar-refractivity contribution is 5.97. The molecule has 166 valence electrons. The Hall–Kier alpha value is -3.57. The van der Waals surface area contributed by atoms with Crippen molar-refractivity contribution < 1.29 is 8.78 Å². The van der Waals surface area contributed by atoms with E-state index < -0.39 is 11.6 Å². The van der Waals surface area contributed by atoms with E-state index in [0.717, 1.165) is 48.4 Å². The van der Waals surface area contributed by atoms with Crippen LogP contribution in [0.2, 0.25) is 0 Å². The molecule has 2 aliphatic carbocycles. The summed E-state index contributed by atoms with van der Waals surface area (Å²) in [7, 11) is 1.70. The van der Waals surface area contributed by atoms with Gasteiger partial charge in [0.1, 0.15) is 6.07 Å². The van der Waals surface area contributed by atoms with Crippen LogP contribution < -0.4 is 16.0 Å². The number of hydrogen-bond donors (Lipinski definition) is 2. The molecule has 1 unspecified atom stereocenters. The van der Waals surface area contributed by atoms with Gasteiger partial charge in [0.2, 0.25) is 0 Å². The van der Waals surface area contributed by atoms with Crippen molar-refractivity contribution in [3.63, 3.8) is 0 Å². The molecule has 0 bridgehead atoms. The highest BCUT2D eigenvalue weighted by Crippen LogP contribution is 2.56. The summed E-state index contributed by atoms with van der Waals surface area (Å²) in [4.78, 5) is 11.1. The second-order valence-corrected chi connectivity index (χ2v) is 9.26. The minimum atomic E-state index is -0.891. The Morgan fingerprint density at radius 2 is 2.06 bits per heavy atom. The molecule has 3 N–H and O–H groups in total. The fourth-order valence-electron chi connectivity index (χ4n) is 5.56. The van der Waals surface area contributed by atoms with Crippen molar-refractivity contribution in [1.29, 1.82) is 5.26 Å². The lowest BCUT2D eigenvalue weighted by molar-refractivity contribution is 0.511. The Morgan fingerprint density at radius 1 is 1.24 bits per heavy atom. The van der Waals surface area contributed by atoms with Crippen molar-refractivity contribution in [3.05, 3.63) is 59.2 Å². The first kappa shape index (κ1) is 20.1. The summed E-state index contributed by atoms with van der Waals surface area (Å²) in [6.45, 7) is 1.53. The Bertz CT molecular complexity index is 1360. The van der Waals surface area contributed by atoms with Crippen LogP contribution >= 0.6 is 0 Å². The lowest BCUT2D eigenvalue weighted by Crippen LogP contribution is -2.24. The van der Waals surface area contributed by atoms with E-state index in [1.807, 2.05) is 0 Å². The van der Waals surface area contributed by atoms with Gasteiger partial charge in [-0.1, -0.05) is 0 Å². The van der Waals surface area contributed by atoms with Crippen molar-refractivity contribution in [2.75, 3.05) is 30.4 Å². The van der Waals surface area contributed by atoms with Crippen LogP contribution in [0.3, 0.4) is 0 Å². The van der Waals surface area contributed by atoms with Gasteiger partial charge in [0.25, 0.3) is 0 Å². The molecule has 2 fully saturated rings. The van der Waals surface area contributed by atoms with Crippen LogP contribution in [0.25, 0.3) is 22.3 Å². The number of hydrogen-bond acceptors (Lipinski definition) is 6. The molecule has 33 heavy (non-hydrogen) atoms. The van der Waals surface area contributed by atoms with E-state index in [1.165, 1.54) is 12.3 Å². The molecule has 0 radical (unpaired) electrons. The monoisotopic (exact) mass is 444 g/mol. The van der Waals surface area contributed by atoms with Gasteiger partial charge in [0, 0.05) is 90.6 Å². The van der Waals surface area contributed by atoms with Crippen LogP contribution in [0.1, 0.15) is 29.7 Å². The molecule has 2 aromatic heterocycles. The number of halogens is 2. The predicted octanol–water partition coefficient (Wildman–Crippen LogP) is 3.83. The van der Waals surface area contributed by atoms with E-state index in [9.17, 15) is 9.65 Å². The zero-order valence-corrected chi connectivity index (χ0v) is 18.1. The number of nitriles is 1. The van der Waals surface area contributed by atoms with Gasteiger partial charge in [-0.25, -0.2) is 8.78 Å². The number of nitrogens with two attached hydrogens (primary N) is 1. The molecule has 1 spiro atoms. The van der Waals surface area contributed by atoms with Gasteiger partial charge < -0.3 is 16.0 Å². The SMILES string of the molecule is CNc1cc(F)c(F)c2c1Cc1ncc(-c3cncc(C#N)c3)c(N3CCC4(C[C@@H]4N)C3)c1-2. The van der Waals surface area contributed by atoms with Gasteiger partial charge in [0.15, 0.2) is 11.6 Å². The summed E-state index contributed by atoms with van der Waals surface area (Å²) in [6.07, 6.45) is 7.30. The number of fused-ring (bicyclic) bond motifs is 3. The van der Waals surface area contributed by atoms with Crippen molar-refractivity contribution in [2.45, 2.75) is 25.3 Å². The maximum absolute atomic E-state index is 15.3. The van der Waals surface area contributed by atoms with Crippen LogP contribution in [-0.2, 0) is 6.42 Å². The molecular formula is C25H22F2N6. The van der Waals surface area contributed by atoms with E-state index in [0.29, 0.717) is 28.8 Å².